The van der Waals surface area contributed by atoms with E-state index in [1.807, 2.05) is 12.1 Å². The Balaban J connectivity index is 2.41. The van der Waals surface area contributed by atoms with E-state index in [0.717, 1.165) is 10.0 Å². The molecule has 0 fully saturated rings. The van der Waals surface area contributed by atoms with Crippen LogP contribution >= 0.6 is 27.5 Å². The van der Waals surface area contributed by atoms with Crippen LogP contribution in [0.2, 0.25) is 5.02 Å². The highest BCUT2D eigenvalue weighted by Crippen LogP contribution is 2.28. The Kier molecular flexibility index (Phi) is 3.53. The van der Waals surface area contributed by atoms with Crippen molar-refractivity contribution < 1.29 is 0 Å². The molecule has 0 aliphatic heterocycles. The first kappa shape index (κ1) is 11.5. The van der Waals surface area contributed by atoms with E-state index in [1.54, 1.807) is 24.7 Å². The molecular formula is C11H9BrClN3. The zero-order chi connectivity index (χ0) is 11.5. The Hall–Kier alpha value is -0.970. The van der Waals surface area contributed by atoms with Gasteiger partial charge in [-0.15, -0.1) is 0 Å². The van der Waals surface area contributed by atoms with Crippen molar-refractivity contribution in [2.75, 3.05) is 0 Å². The molecule has 2 rings (SSSR count). The zero-order valence-corrected chi connectivity index (χ0v) is 10.6. The zero-order valence-electron chi connectivity index (χ0n) is 8.27. The van der Waals surface area contributed by atoms with E-state index in [9.17, 15) is 0 Å². The van der Waals surface area contributed by atoms with Crippen molar-refractivity contribution in [1.29, 1.82) is 0 Å². The lowest BCUT2D eigenvalue weighted by Crippen LogP contribution is -2.14. The largest absolute Gasteiger partial charge is 0.319 e. The number of halogens is 2. The molecule has 1 unspecified atom stereocenters. The molecule has 0 radical (unpaired) electrons. The summed E-state index contributed by atoms with van der Waals surface area (Å²) in [5.41, 5.74) is 7.70. The molecule has 1 aromatic heterocycles. The van der Waals surface area contributed by atoms with Gasteiger partial charge in [0.25, 0.3) is 0 Å². The number of nitrogens with two attached hydrogens (primary N) is 1. The molecule has 3 nitrogen and oxygen atoms in total. The second kappa shape index (κ2) is 4.91. The Morgan fingerprint density at radius 2 is 2.12 bits per heavy atom. The van der Waals surface area contributed by atoms with Crippen molar-refractivity contribution in [2.45, 2.75) is 6.04 Å². The van der Waals surface area contributed by atoms with Crippen molar-refractivity contribution in [3.63, 3.8) is 0 Å². The third kappa shape index (κ3) is 2.40. The van der Waals surface area contributed by atoms with Gasteiger partial charge in [-0.2, -0.15) is 0 Å². The summed E-state index contributed by atoms with van der Waals surface area (Å²) in [6.07, 6.45) is 4.88. The lowest BCUT2D eigenvalue weighted by atomic mass is 10.1. The molecule has 16 heavy (non-hydrogen) atoms. The summed E-state index contributed by atoms with van der Waals surface area (Å²) in [6, 6.07) is 5.17. The molecule has 82 valence electrons. The van der Waals surface area contributed by atoms with Crippen molar-refractivity contribution in [2.24, 2.45) is 5.73 Å². The third-order valence-electron chi connectivity index (χ3n) is 2.19. The van der Waals surface area contributed by atoms with Crippen LogP contribution in [-0.4, -0.2) is 9.97 Å². The van der Waals surface area contributed by atoms with Gasteiger partial charge in [0.15, 0.2) is 0 Å². The van der Waals surface area contributed by atoms with Crippen LogP contribution in [0.15, 0.2) is 41.3 Å². The summed E-state index contributed by atoms with van der Waals surface area (Å²) in [4.78, 5) is 8.17. The Bertz CT molecular complexity index is 490. The Morgan fingerprint density at radius 3 is 2.81 bits per heavy atom. The van der Waals surface area contributed by atoms with E-state index in [-0.39, 0.29) is 6.04 Å². The first-order valence-electron chi connectivity index (χ1n) is 4.65. The van der Waals surface area contributed by atoms with E-state index in [0.29, 0.717) is 10.7 Å². The van der Waals surface area contributed by atoms with Crippen LogP contribution in [0.4, 0.5) is 0 Å². The van der Waals surface area contributed by atoms with Gasteiger partial charge in [0.2, 0.25) is 0 Å². The molecular weight excluding hydrogens is 289 g/mol. The maximum Gasteiger partial charge on any atom is 0.0799 e. The number of benzene rings is 1. The summed E-state index contributed by atoms with van der Waals surface area (Å²) in [5, 5.41) is 0.651. The average Bonchev–Trinajstić information content (AvgIpc) is 2.32. The number of hydrogen-bond acceptors (Lipinski definition) is 3. The minimum atomic E-state index is -0.332. The highest BCUT2D eigenvalue weighted by Gasteiger charge is 2.13. The molecule has 2 N–H and O–H groups in total. The van der Waals surface area contributed by atoms with Crippen LogP contribution in [-0.2, 0) is 0 Å². The molecule has 0 amide bonds. The van der Waals surface area contributed by atoms with E-state index in [4.69, 9.17) is 17.3 Å². The third-order valence-corrected chi connectivity index (χ3v) is 3.15. The van der Waals surface area contributed by atoms with Crippen LogP contribution < -0.4 is 5.73 Å². The lowest BCUT2D eigenvalue weighted by molar-refractivity contribution is 0.813. The fraction of sp³-hybridized carbons (Fsp3) is 0.0909. The lowest BCUT2D eigenvalue weighted by Gasteiger charge is -2.13. The Morgan fingerprint density at radius 1 is 1.31 bits per heavy atom. The topological polar surface area (TPSA) is 51.8 Å². The van der Waals surface area contributed by atoms with Crippen molar-refractivity contribution >= 4 is 27.5 Å². The molecule has 0 saturated carbocycles. The van der Waals surface area contributed by atoms with Crippen LogP contribution in [0.5, 0.6) is 0 Å². The summed E-state index contributed by atoms with van der Waals surface area (Å²) in [6.45, 7) is 0. The Labute approximate surface area is 107 Å². The van der Waals surface area contributed by atoms with Crippen molar-refractivity contribution in [3.05, 3.63) is 57.5 Å². The fourth-order valence-corrected chi connectivity index (χ4v) is 2.06. The van der Waals surface area contributed by atoms with Gasteiger partial charge < -0.3 is 5.73 Å². The average molecular weight is 299 g/mol. The first-order chi connectivity index (χ1) is 7.68. The molecule has 5 heteroatoms. The van der Waals surface area contributed by atoms with Gasteiger partial charge in [-0.25, -0.2) is 0 Å². The molecule has 1 aromatic carbocycles. The SMILES string of the molecule is NC(c1cnccn1)c1cc(Cl)ccc1Br. The highest BCUT2D eigenvalue weighted by atomic mass is 79.9. The normalized spacial score (nSPS) is 12.4. The maximum atomic E-state index is 6.09. The van der Waals surface area contributed by atoms with Crippen LogP contribution in [0.1, 0.15) is 17.3 Å². The summed E-state index contributed by atoms with van der Waals surface area (Å²) in [5.74, 6) is 0. The summed E-state index contributed by atoms with van der Waals surface area (Å²) < 4.78 is 0.912. The standard InChI is InChI=1S/C11H9BrClN3/c12-9-2-1-7(13)5-8(9)11(14)10-6-15-3-4-16-10/h1-6,11H,14H2. The van der Waals surface area contributed by atoms with Gasteiger partial charge in [-0.3, -0.25) is 9.97 Å². The van der Waals surface area contributed by atoms with Crippen LogP contribution in [0.3, 0.4) is 0 Å². The van der Waals surface area contributed by atoms with E-state index in [2.05, 4.69) is 25.9 Å². The monoisotopic (exact) mass is 297 g/mol. The minimum Gasteiger partial charge on any atom is -0.319 e. The second-order valence-corrected chi connectivity index (χ2v) is 4.56. The number of nitrogens with zero attached hydrogens (tertiary/aromatic N) is 2. The smallest absolute Gasteiger partial charge is 0.0799 e. The van der Waals surface area contributed by atoms with Crippen molar-refractivity contribution in [3.8, 4) is 0 Å². The molecule has 2 aromatic rings. The molecule has 0 saturated heterocycles. The van der Waals surface area contributed by atoms with Gasteiger partial charge in [-0.05, 0) is 23.8 Å². The number of hydrogen-bond donors (Lipinski definition) is 1. The molecule has 0 aliphatic rings. The highest BCUT2D eigenvalue weighted by molar-refractivity contribution is 9.10. The maximum absolute atomic E-state index is 6.09. The van der Waals surface area contributed by atoms with E-state index < -0.39 is 0 Å². The van der Waals surface area contributed by atoms with Crippen LogP contribution in [0.25, 0.3) is 0 Å². The predicted molar refractivity (Wildman–Crippen MR) is 67.2 cm³/mol. The first-order valence-corrected chi connectivity index (χ1v) is 5.82. The predicted octanol–water partition coefficient (Wildman–Crippen LogP) is 2.94. The molecule has 0 spiro atoms. The molecule has 0 bridgehead atoms. The van der Waals surface area contributed by atoms with Crippen molar-refractivity contribution in [1.82, 2.24) is 9.97 Å². The quantitative estimate of drug-likeness (QED) is 0.927. The minimum absolute atomic E-state index is 0.332. The van der Waals surface area contributed by atoms with E-state index in [1.165, 1.54) is 0 Å². The molecule has 0 aliphatic carbocycles. The molecule has 1 heterocycles. The van der Waals surface area contributed by atoms with Gasteiger partial charge in [0, 0.05) is 21.9 Å². The van der Waals surface area contributed by atoms with Crippen LogP contribution in [0, 0.1) is 0 Å². The number of aromatic nitrogens is 2. The summed E-state index contributed by atoms with van der Waals surface area (Å²) >= 11 is 9.38. The second-order valence-electron chi connectivity index (χ2n) is 3.27. The molecule has 1 atom stereocenters. The van der Waals surface area contributed by atoms with Gasteiger partial charge in [-0.1, -0.05) is 27.5 Å². The number of rotatable bonds is 2. The van der Waals surface area contributed by atoms with Gasteiger partial charge >= 0.3 is 0 Å². The fourth-order valence-electron chi connectivity index (χ4n) is 1.38. The van der Waals surface area contributed by atoms with Gasteiger partial charge in [0.1, 0.15) is 0 Å². The van der Waals surface area contributed by atoms with E-state index >= 15 is 0 Å². The summed E-state index contributed by atoms with van der Waals surface area (Å²) in [7, 11) is 0. The van der Waals surface area contributed by atoms with Gasteiger partial charge in [0.05, 0.1) is 17.9 Å².